The molecule has 0 unspecified atom stereocenters. The van der Waals surface area contributed by atoms with E-state index in [4.69, 9.17) is 4.84 Å². The Morgan fingerprint density at radius 3 is 2.33 bits per heavy atom. The Morgan fingerprint density at radius 2 is 2.00 bits per heavy atom. The van der Waals surface area contributed by atoms with E-state index >= 15 is 0 Å². The maximum Gasteiger partial charge on any atom is 0.306 e. The maximum atomic E-state index is 10.8. The lowest BCUT2D eigenvalue weighted by atomic mass is 10.3. The molecule has 12 heavy (non-hydrogen) atoms. The van der Waals surface area contributed by atoms with Gasteiger partial charge in [-0.1, -0.05) is 0 Å². The van der Waals surface area contributed by atoms with Crippen LogP contribution in [0.1, 0.15) is 20.3 Å². The first-order valence-corrected chi connectivity index (χ1v) is 3.99. The van der Waals surface area contributed by atoms with E-state index in [0.29, 0.717) is 13.0 Å². The number of esters is 1. The summed E-state index contributed by atoms with van der Waals surface area (Å²) in [6, 6.07) is 0.277. The Kier molecular flexibility index (Phi) is 5.66. The van der Waals surface area contributed by atoms with Gasteiger partial charge in [0.05, 0.1) is 20.6 Å². The van der Waals surface area contributed by atoms with Crippen LogP contribution >= 0.6 is 0 Å². The van der Waals surface area contributed by atoms with E-state index in [0.717, 1.165) is 0 Å². The topological polar surface area (TPSA) is 38.8 Å². The van der Waals surface area contributed by atoms with Crippen LogP contribution in [0.5, 0.6) is 0 Å². The Bertz CT molecular complexity index is 136. The number of ether oxygens (including phenoxy) is 1. The molecule has 0 aliphatic carbocycles. The van der Waals surface area contributed by atoms with Gasteiger partial charge in [0.25, 0.3) is 0 Å². The molecule has 0 atom stereocenters. The van der Waals surface area contributed by atoms with Crippen molar-refractivity contribution in [1.29, 1.82) is 0 Å². The minimum Gasteiger partial charge on any atom is -0.469 e. The molecule has 4 nitrogen and oxygen atoms in total. The molecule has 0 aromatic rings. The minimum absolute atomic E-state index is 0.210. The summed E-state index contributed by atoms with van der Waals surface area (Å²) >= 11 is 0. The molecule has 0 heterocycles. The van der Waals surface area contributed by atoms with Crippen molar-refractivity contribution in [2.24, 2.45) is 0 Å². The lowest BCUT2D eigenvalue weighted by Crippen LogP contribution is -2.31. The van der Waals surface area contributed by atoms with Gasteiger partial charge >= 0.3 is 5.97 Å². The second-order valence-corrected chi connectivity index (χ2v) is 2.74. The summed E-state index contributed by atoms with van der Waals surface area (Å²) in [6.07, 6.45) is 0.364. The van der Waals surface area contributed by atoms with Gasteiger partial charge in [-0.05, 0) is 13.8 Å². The van der Waals surface area contributed by atoms with Gasteiger partial charge in [-0.3, -0.25) is 4.79 Å². The summed E-state index contributed by atoms with van der Waals surface area (Å²) in [5, 5.41) is 1.73. The number of rotatable bonds is 5. The monoisotopic (exact) mass is 175 g/mol. The van der Waals surface area contributed by atoms with Crippen molar-refractivity contribution in [2.75, 3.05) is 20.8 Å². The van der Waals surface area contributed by atoms with Gasteiger partial charge in [0.1, 0.15) is 0 Å². The van der Waals surface area contributed by atoms with Crippen LogP contribution in [0.15, 0.2) is 0 Å². The smallest absolute Gasteiger partial charge is 0.306 e. The summed E-state index contributed by atoms with van der Waals surface area (Å²) in [5.41, 5.74) is 0. The van der Waals surface area contributed by atoms with Crippen molar-refractivity contribution in [3.05, 3.63) is 0 Å². The number of nitrogens with zero attached hydrogens (tertiary/aromatic N) is 1. The van der Waals surface area contributed by atoms with E-state index in [1.54, 1.807) is 12.2 Å². The standard InChI is InChI=1S/C8H17NO3/c1-7(2)9(12-4)6-5-8(10)11-3/h7H,5-6H2,1-4H3. The molecule has 4 heteroatoms. The van der Waals surface area contributed by atoms with Crippen LogP contribution in [0.4, 0.5) is 0 Å². The Balaban J connectivity index is 3.65. The molecule has 72 valence electrons. The highest BCUT2D eigenvalue weighted by Crippen LogP contribution is 1.99. The third-order valence-electron chi connectivity index (χ3n) is 1.57. The van der Waals surface area contributed by atoms with E-state index < -0.39 is 0 Å². The first-order chi connectivity index (χ1) is 5.61. The van der Waals surface area contributed by atoms with Gasteiger partial charge in [0.2, 0.25) is 0 Å². The molecule has 0 radical (unpaired) electrons. The largest absolute Gasteiger partial charge is 0.469 e. The first kappa shape index (κ1) is 11.4. The van der Waals surface area contributed by atoms with Crippen LogP contribution < -0.4 is 0 Å². The first-order valence-electron chi connectivity index (χ1n) is 3.99. The Hall–Kier alpha value is -0.610. The summed E-state index contributed by atoms with van der Waals surface area (Å²) in [4.78, 5) is 15.8. The third kappa shape index (κ3) is 4.31. The predicted molar refractivity (Wildman–Crippen MR) is 45.5 cm³/mol. The molecule has 0 saturated carbocycles. The van der Waals surface area contributed by atoms with Crippen LogP contribution in [0.3, 0.4) is 0 Å². The molecule has 0 spiro atoms. The summed E-state index contributed by atoms with van der Waals surface area (Å²) in [5.74, 6) is -0.210. The van der Waals surface area contributed by atoms with Gasteiger partial charge in [-0.25, -0.2) is 0 Å². The van der Waals surface area contributed by atoms with Crippen molar-refractivity contribution >= 4 is 5.97 Å². The van der Waals surface area contributed by atoms with E-state index in [2.05, 4.69) is 4.74 Å². The summed E-state index contributed by atoms with van der Waals surface area (Å²) in [6.45, 7) is 4.57. The van der Waals surface area contributed by atoms with E-state index in [1.807, 2.05) is 13.8 Å². The van der Waals surface area contributed by atoms with Crippen molar-refractivity contribution in [3.8, 4) is 0 Å². The van der Waals surface area contributed by atoms with Gasteiger partial charge in [0.15, 0.2) is 0 Å². The normalized spacial score (nSPS) is 10.8. The molecular formula is C8H17NO3. The van der Waals surface area contributed by atoms with E-state index in [9.17, 15) is 4.79 Å². The fraction of sp³-hybridized carbons (Fsp3) is 0.875. The van der Waals surface area contributed by atoms with Gasteiger partial charge in [-0.2, -0.15) is 5.06 Å². The van der Waals surface area contributed by atoms with Crippen LogP contribution in [-0.4, -0.2) is 37.8 Å². The second kappa shape index (κ2) is 5.97. The fourth-order valence-corrected chi connectivity index (χ4v) is 0.864. The molecular weight excluding hydrogens is 158 g/mol. The second-order valence-electron chi connectivity index (χ2n) is 2.74. The number of methoxy groups -OCH3 is 1. The van der Waals surface area contributed by atoms with Crippen LogP contribution in [0.25, 0.3) is 0 Å². The Labute approximate surface area is 73.4 Å². The zero-order valence-corrected chi connectivity index (χ0v) is 8.16. The quantitative estimate of drug-likeness (QED) is 0.458. The van der Waals surface area contributed by atoms with Crippen molar-refractivity contribution in [3.63, 3.8) is 0 Å². The van der Waals surface area contributed by atoms with E-state index in [-0.39, 0.29) is 12.0 Å². The molecule has 0 amide bonds. The van der Waals surface area contributed by atoms with Crippen LogP contribution in [-0.2, 0) is 14.4 Å². The molecule has 0 aliphatic heterocycles. The minimum atomic E-state index is -0.210. The third-order valence-corrected chi connectivity index (χ3v) is 1.57. The zero-order chi connectivity index (χ0) is 9.56. The van der Waals surface area contributed by atoms with Gasteiger partial charge in [0, 0.05) is 12.6 Å². The summed E-state index contributed by atoms with van der Waals surface area (Å²) < 4.78 is 4.50. The van der Waals surface area contributed by atoms with E-state index in [1.165, 1.54) is 7.11 Å². The Morgan fingerprint density at radius 1 is 1.42 bits per heavy atom. The SMILES string of the molecule is COC(=O)CCN(OC)C(C)C. The number of hydrogen-bond donors (Lipinski definition) is 0. The van der Waals surface area contributed by atoms with Gasteiger partial charge < -0.3 is 9.57 Å². The molecule has 0 fully saturated rings. The average molecular weight is 175 g/mol. The predicted octanol–water partition coefficient (Wildman–Crippen LogP) is 0.821. The molecule has 0 aromatic heterocycles. The number of hydroxylamine groups is 2. The molecule has 0 saturated heterocycles. The van der Waals surface area contributed by atoms with Crippen molar-refractivity contribution in [2.45, 2.75) is 26.3 Å². The number of carbonyl (C=O) groups is 1. The van der Waals surface area contributed by atoms with Crippen molar-refractivity contribution < 1.29 is 14.4 Å². The molecule has 0 bridgehead atoms. The highest BCUT2D eigenvalue weighted by molar-refractivity contribution is 5.69. The lowest BCUT2D eigenvalue weighted by molar-refractivity contribution is -0.163. The molecule has 0 aromatic carbocycles. The molecule has 0 rings (SSSR count). The highest BCUT2D eigenvalue weighted by Gasteiger charge is 2.10. The number of hydrogen-bond acceptors (Lipinski definition) is 4. The average Bonchev–Trinajstić information content (AvgIpc) is 2.04. The van der Waals surface area contributed by atoms with Gasteiger partial charge in [-0.15, -0.1) is 0 Å². The zero-order valence-electron chi connectivity index (χ0n) is 8.16. The highest BCUT2D eigenvalue weighted by atomic mass is 16.7. The lowest BCUT2D eigenvalue weighted by Gasteiger charge is -2.22. The van der Waals surface area contributed by atoms with Crippen molar-refractivity contribution in [1.82, 2.24) is 5.06 Å². The molecule has 0 N–H and O–H groups in total. The molecule has 0 aliphatic rings. The maximum absolute atomic E-state index is 10.8. The number of carbonyl (C=O) groups excluding carboxylic acids is 1. The summed E-state index contributed by atoms with van der Waals surface area (Å²) in [7, 11) is 2.98. The van der Waals surface area contributed by atoms with Crippen LogP contribution in [0.2, 0.25) is 0 Å². The van der Waals surface area contributed by atoms with Crippen LogP contribution in [0, 0.1) is 0 Å². The fourth-order valence-electron chi connectivity index (χ4n) is 0.864.